The van der Waals surface area contributed by atoms with Crippen molar-refractivity contribution in [3.63, 3.8) is 0 Å². The van der Waals surface area contributed by atoms with Gasteiger partial charge in [0, 0.05) is 11.8 Å². The first-order valence-corrected chi connectivity index (χ1v) is 10.8. The van der Waals surface area contributed by atoms with Gasteiger partial charge in [-0.2, -0.15) is 0 Å². The lowest BCUT2D eigenvalue weighted by Gasteiger charge is -2.07. The van der Waals surface area contributed by atoms with Crippen molar-refractivity contribution < 1.29 is 23.8 Å². The SMILES string of the molecule is CCOC(=O)c1c(C)[nH]c(C(=O)CSc2nnc(COc3cccc(OC)c3)n2N)c1C. The second-order valence-electron chi connectivity index (χ2n) is 6.79. The van der Waals surface area contributed by atoms with E-state index < -0.39 is 5.97 Å². The Morgan fingerprint density at radius 2 is 1.97 bits per heavy atom. The minimum absolute atomic E-state index is 0.0646. The van der Waals surface area contributed by atoms with E-state index in [1.807, 2.05) is 12.1 Å². The number of aryl methyl sites for hydroxylation is 1. The number of aromatic amines is 1. The second kappa shape index (κ2) is 10.2. The van der Waals surface area contributed by atoms with E-state index in [-0.39, 0.29) is 24.7 Å². The van der Waals surface area contributed by atoms with E-state index in [1.165, 1.54) is 4.68 Å². The summed E-state index contributed by atoms with van der Waals surface area (Å²) in [6.45, 7) is 5.54. The molecule has 0 aliphatic heterocycles. The van der Waals surface area contributed by atoms with Crippen molar-refractivity contribution in [1.82, 2.24) is 19.9 Å². The molecule has 0 unspecified atom stereocenters. The van der Waals surface area contributed by atoms with Gasteiger partial charge in [-0.15, -0.1) is 10.2 Å². The first-order valence-electron chi connectivity index (χ1n) is 9.84. The molecule has 1 aromatic carbocycles. The molecule has 3 aromatic rings. The van der Waals surface area contributed by atoms with Crippen LogP contribution in [-0.2, 0) is 11.3 Å². The Morgan fingerprint density at radius 1 is 1.22 bits per heavy atom. The molecule has 3 N–H and O–H groups in total. The van der Waals surface area contributed by atoms with Crippen molar-refractivity contribution >= 4 is 23.5 Å². The summed E-state index contributed by atoms with van der Waals surface area (Å²) in [6.07, 6.45) is 0. The van der Waals surface area contributed by atoms with Gasteiger partial charge in [-0.25, -0.2) is 9.47 Å². The lowest BCUT2D eigenvalue weighted by Crippen LogP contribution is -2.16. The number of ether oxygens (including phenoxy) is 3. The van der Waals surface area contributed by atoms with Gasteiger partial charge in [0.2, 0.25) is 5.16 Å². The number of rotatable bonds is 10. The van der Waals surface area contributed by atoms with Crippen LogP contribution in [0.5, 0.6) is 11.5 Å². The fourth-order valence-corrected chi connectivity index (χ4v) is 3.83. The zero-order chi connectivity index (χ0) is 23.3. The van der Waals surface area contributed by atoms with Crippen LogP contribution in [0.25, 0.3) is 0 Å². The lowest BCUT2D eigenvalue weighted by molar-refractivity contribution is 0.0525. The third kappa shape index (κ3) is 5.05. The van der Waals surface area contributed by atoms with Crippen LogP contribution in [0.3, 0.4) is 0 Å². The number of aromatic nitrogens is 4. The number of benzene rings is 1. The normalized spacial score (nSPS) is 10.8. The molecule has 0 aliphatic rings. The van der Waals surface area contributed by atoms with E-state index in [1.54, 1.807) is 40.0 Å². The van der Waals surface area contributed by atoms with Crippen LogP contribution in [-0.4, -0.2) is 51.1 Å². The summed E-state index contributed by atoms with van der Waals surface area (Å²) >= 11 is 1.14. The summed E-state index contributed by atoms with van der Waals surface area (Å²) in [5, 5.41) is 8.44. The predicted octanol–water partition coefficient (Wildman–Crippen LogP) is 2.68. The van der Waals surface area contributed by atoms with E-state index >= 15 is 0 Å². The molecule has 0 spiro atoms. The minimum Gasteiger partial charge on any atom is -0.497 e. The van der Waals surface area contributed by atoms with Crippen molar-refractivity contribution in [1.29, 1.82) is 0 Å². The highest BCUT2D eigenvalue weighted by atomic mass is 32.2. The van der Waals surface area contributed by atoms with E-state index in [0.717, 1.165) is 11.8 Å². The maximum Gasteiger partial charge on any atom is 0.340 e. The number of esters is 1. The van der Waals surface area contributed by atoms with Crippen LogP contribution in [0.1, 0.15) is 44.9 Å². The lowest BCUT2D eigenvalue weighted by atomic mass is 10.1. The van der Waals surface area contributed by atoms with Crippen molar-refractivity contribution in [3.05, 3.63) is 52.6 Å². The minimum atomic E-state index is -0.451. The van der Waals surface area contributed by atoms with Crippen molar-refractivity contribution in [3.8, 4) is 11.5 Å². The Balaban J connectivity index is 1.63. The molecule has 0 saturated heterocycles. The van der Waals surface area contributed by atoms with Crippen molar-refractivity contribution in [2.45, 2.75) is 32.5 Å². The van der Waals surface area contributed by atoms with E-state index in [4.69, 9.17) is 20.1 Å². The number of H-pyrrole nitrogens is 1. The Labute approximate surface area is 189 Å². The number of hydrogen-bond acceptors (Lipinski definition) is 9. The molecule has 0 aliphatic carbocycles. The smallest absolute Gasteiger partial charge is 0.340 e. The number of carbonyl (C=O) groups is 2. The highest BCUT2D eigenvalue weighted by Crippen LogP contribution is 2.23. The van der Waals surface area contributed by atoms with Gasteiger partial charge in [0.1, 0.15) is 18.1 Å². The number of carbonyl (C=O) groups excluding carboxylic acids is 2. The molecule has 32 heavy (non-hydrogen) atoms. The number of nitrogen functional groups attached to an aromatic ring is 1. The van der Waals surface area contributed by atoms with Crippen molar-refractivity contribution in [2.75, 3.05) is 25.3 Å². The topological polar surface area (TPSA) is 134 Å². The van der Waals surface area contributed by atoms with Gasteiger partial charge < -0.3 is 25.0 Å². The third-order valence-corrected chi connectivity index (χ3v) is 5.62. The number of nitrogens with one attached hydrogen (secondary N) is 1. The molecule has 0 bridgehead atoms. The largest absolute Gasteiger partial charge is 0.497 e. The van der Waals surface area contributed by atoms with Gasteiger partial charge in [0.25, 0.3) is 0 Å². The number of nitrogens with zero attached hydrogens (tertiary/aromatic N) is 3. The van der Waals surface area contributed by atoms with Gasteiger partial charge in [0.15, 0.2) is 11.6 Å². The molecule has 11 heteroatoms. The average Bonchev–Trinajstić information content (AvgIpc) is 3.29. The maximum atomic E-state index is 12.7. The number of ketones is 1. The second-order valence-corrected chi connectivity index (χ2v) is 7.74. The molecule has 0 radical (unpaired) electrons. The van der Waals surface area contributed by atoms with Crippen molar-refractivity contribution in [2.24, 2.45) is 0 Å². The molecule has 2 aromatic heterocycles. The van der Waals surface area contributed by atoms with Crippen LogP contribution in [0.15, 0.2) is 29.4 Å². The Morgan fingerprint density at radius 3 is 2.69 bits per heavy atom. The van der Waals surface area contributed by atoms with E-state index in [0.29, 0.717) is 45.0 Å². The summed E-state index contributed by atoms with van der Waals surface area (Å²) in [6, 6.07) is 7.16. The summed E-state index contributed by atoms with van der Waals surface area (Å²) in [7, 11) is 1.58. The molecule has 0 fully saturated rings. The summed E-state index contributed by atoms with van der Waals surface area (Å²) in [5.41, 5.74) is 1.91. The van der Waals surface area contributed by atoms with Gasteiger partial charge in [0.05, 0.1) is 30.7 Å². The molecule has 10 nitrogen and oxygen atoms in total. The Bertz CT molecular complexity index is 1120. The molecule has 0 saturated carbocycles. The quantitative estimate of drug-likeness (QED) is 0.203. The van der Waals surface area contributed by atoms with Crippen LogP contribution in [0.4, 0.5) is 0 Å². The highest BCUT2D eigenvalue weighted by Gasteiger charge is 2.23. The average molecular weight is 460 g/mol. The van der Waals surface area contributed by atoms with Crippen LogP contribution < -0.4 is 15.3 Å². The fraction of sp³-hybridized carbons (Fsp3) is 0.333. The number of hydrogen-bond donors (Lipinski definition) is 2. The molecule has 170 valence electrons. The third-order valence-electron chi connectivity index (χ3n) is 4.67. The zero-order valence-electron chi connectivity index (χ0n) is 18.3. The molecule has 0 amide bonds. The van der Waals surface area contributed by atoms with Gasteiger partial charge in [-0.05, 0) is 38.5 Å². The van der Waals surface area contributed by atoms with Gasteiger partial charge >= 0.3 is 5.97 Å². The molecular formula is C21H25N5O5S. The summed E-state index contributed by atoms with van der Waals surface area (Å²) < 4.78 is 17.2. The van der Waals surface area contributed by atoms with Crippen LogP contribution >= 0.6 is 11.8 Å². The number of nitrogens with two attached hydrogens (primary N) is 1. The summed E-state index contributed by atoms with van der Waals surface area (Å²) in [4.78, 5) is 27.9. The number of Topliss-reactive ketones (excluding diaryl/α,β-unsaturated/α-hetero) is 1. The maximum absolute atomic E-state index is 12.7. The molecule has 3 rings (SSSR count). The molecule has 0 atom stereocenters. The monoisotopic (exact) mass is 459 g/mol. The molecule has 2 heterocycles. The zero-order valence-corrected chi connectivity index (χ0v) is 19.1. The van der Waals surface area contributed by atoms with Gasteiger partial charge in [-0.1, -0.05) is 17.8 Å². The first kappa shape index (κ1) is 23.2. The van der Waals surface area contributed by atoms with E-state index in [2.05, 4.69) is 15.2 Å². The van der Waals surface area contributed by atoms with Crippen LogP contribution in [0, 0.1) is 13.8 Å². The number of methoxy groups -OCH3 is 1. The first-order chi connectivity index (χ1) is 15.3. The number of thioether (sulfide) groups is 1. The fourth-order valence-electron chi connectivity index (χ4n) is 3.08. The Kier molecular flexibility index (Phi) is 7.41. The molecular weight excluding hydrogens is 434 g/mol. The van der Waals surface area contributed by atoms with Crippen LogP contribution in [0.2, 0.25) is 0 Å². The van der Waals surface area contributed by atoms with E-state index in [9.17, 15) is 9.59 Å². The highest BCUT2D eigenvalue weighted by molar-refractivity contribution is 7.99. The van der Waals surface area contributed by atoms with Gasteiger partial charge in [-0.3, -0.25) is 4.79 Å². The predicted molar refractivity (Wildman–Crippen MR) is 119 cm³/mol. The summed E-state index contributed by atoms with van der Waals surface area (Å²) in [5.74, 6) is 7.17. The standard InChI is InChI=1S/C21H25N5O5S/c1-5-30-20(28)18-12(2)19(23-13(18)3)16(27)11-32-21-25-24-17(26(21)22)10-31-15-8-6-7-14(9-15)29-4/h6-9,23H,5,10-11,22H2,1-4H3. The Hall–Kier alpha value is -3.47.